The second-order valence-electron chi connectivity index (χ2n) is 11.0. The Labute approximate surface area is 199 Å². The lowest BCUT2D eigenvalue weighted by Crippen LogP contribution is -2.36. The summed E-state index contributed by atoms with van der Waals surface area (Å²) in [5.74, 6) is 1.69. The van der Waals surface area contributed by atoms with E-state index in [1.165, 1.54) is 31.3 Å². The third-order valence-electron chi connectivity index (χ3n) is 8.74. The summed E-state index contributed by atoms with van der Waals surface area (Å²) in [6.45, 7) is 4.69. The van der Waals surface area contributed by atoms with E-state index >= 15 is 0 Å². The van der Waals surface area contributed by atoms with Crippen molar-refractivity contribution in [3.63, 3.8) is 0 Å². The Hall–Kier alpha value is -1.43. The van der Waals surface area contributed by atoms with Gasteiger partial charge in [0.05, 0.1) is 22.9 Å². The van der Waals surface area contributed by atoms with Crippen molar-refractivity contribution in [1.82, 2.24) is 0 Å². The molecular formula is C28H40O4S. The van der Waals surface area contributed by atoms with Crippen molar-refractivity contribution in [1.29, 1.82) is 0 Å². The van der Waals surface area contributed by atoms with Gasteiger partial charge in [-0.25, -0.2) is 8.42 Å². The average Bonchev–Trinajstić information content (AvgIpc) is 3.13. The normalized spacial score (nSPS) is 34.8. The number of benzene rings is 1. The molecule has 1 aromatic carbocycles. The number of aliphatic hydroxyl groups excluding tert-OH is 2. The molecule has 182 valence electrons. The van der Waals surface area contributed by atoms with Crippen molar-refractivity contribution in [2.45, 2.75) is 88.7 Å². The van der Waals surface area contributed by atoms with Gasteiger partial charge >= 0.3 is 0 Å². The van der Waals surface area contributed by atoms with Crippen LogP contribution in [-0.2, 0) is 9.84 Å². The summed E-state index contributed by atoms with van der Waals surface area (Å²) in [6, 6.07) is 8.83. The molecule has 3 aliphatic carbocycles. The van der Waals surface area contributed by atoms with E-state index in [1.54, 1.807) is 24.3 Å². The molecule has 0 radical (unpaired) electrons. The first kappa shape index (κ1) is 24.7. The van der Waals surface area contributed by atoms with Crippen molar-refractivity contribution in [3.05, 3.63) is 53.6 Å². The third-order valence-corrected chi connectivity index (χ3v) is 10.5. The van der Waals surface area contributed by atoms with Crippen LogP contribution in [0.3, 0.4) is 0 Å². The predicted octanol–water partition coefficient (Wildman–Crippen LogP) is 5.46. The van der Waals surface area contributed by atoms with Crippen LogP contribution in [-0.4, -0.2) is 36.6 Å². The fourth-order valence-corrected chi connectivity index (χ4v) is 8.52. The quantitative estimate of drug-likeness (QED) is 0.576. The Balaban J connectivity index is 1.44. The highest BCUT2D eigenvalue weighted by Crippen LogP contribution is 2.59. The standard InChI is InChI=1S/C28H40O4S/c1-20(14-16-33(31,32)25-8-4-3-5-9-25)26-12-13-27-22(7-6-15-28(26,27)2)11-10-21-17-23(29)19-24(30)18-21/h3-5,8-11,20,23-24,26-27,29-30H,6-7,12-19H2,1-2H3/t20-,23-,24-,26-,27+,28-/m1/s1. The Morgan fingerprint density at radius 3 is 2.48 bits per heavy atom. The van der Waals surface area contributed by atoms with Crippen LogP contribution in [0.2, 0.25) is 0 Å². The largest absolute Gasteiger partial charge is 0.393 e. The lowest BCUT2D eigenvalue weighted by molar-refractivity contribution is 0.0609. The zero-order valence-corrected chi connectivity index (χ0v) is 20.9. The van der Waals surface area contributed by atoms with Gasteiger partial charge in [0.2, 0.25) is 0 Å². The van der Waals surface area contributed by atoms with E-state index in [0.717, 1.165) is 12.0 Å². The Morgan fingerprint density at radius 1 is 1.09 bits per heavy atom. The molecule has 33 heavy (non-hydrogen) atoms. The van der Waals surface area contributed by atoms with Gasteiger partial charge in [0, 0.05) is 0 Å². The summed E-state index contributed by atoms with van der Waals surface area (Å²) in [5.41, 5.74) is 2.89. The molecule has 0 bridgehead atoms. The molecule has 4 nitrogen and oxygen atoms in total. The third kappa shape index (κ3) is 5.47. The molecular weight excluding hydrogens is 432 g/mol. The molecule has 3 aliphatic rings. The highest BCUT2D eigenvalue weighted by Gasteiger charge is 2.50. The topological polar surface area (TPSA) is 74.6 Å². The second-order valence-corrected chi connectivity index (χ2v) is 13.1. The minimum absolute atomic E-state index is 0.217. The molecule has 0 saturated heterocycles. The fraction of sp³-hybridized carbons (Fsp3) is 0.643. The number of hydrogen-bond donors (Lipinski definition) is 2. The van der Waals surface area contributed by atoms with Crippen molar-refractivity contribution >= 4 is 9.84 Å². The van der Waals surface area contributed by atoms with Gasteiger partial charge in [-0.1, -0.05) is 55.3 Å². The lowest BCUT2D eigenvalue weighted by Gasteiger charge is -2.44. The summed E-state index contributed by atoms with van der Waals surface area (Å²) in [5, 5.41) is 20.0. The van der Waals surface area contributed by atoms with Gasteiger partial charge in [-0.3, -0.25) is 0 Å². The van der Waals surface area contributed by atoms with Crippen molar-refractivity contribution in [2.24, 2.45) is 23.2 Å². The summed E-state index contributed by atoms with van der Waals surface area (Å²) in [4.78, 5) is 0.432. The van der Waals surface area contributed by atoms with E-state index in [4.69, 9.17) is 0 Å². The van der Waals surface area contributed by atoms with Gasteiger partial charge in [0.1, 0.15) is 0 Å². The molecule has 4 rings (SSSR count). The fourth-order valence-electron chi connectivity index (χ4n) is 7.03. The van der Waals surface area contributed by atoms with Gasteiger partial charge in [-0.2, -0.15) is 0 Å². The number of sulfone groups is 1. The molecule has 1 aromatic rings. The lowest BCUT2D eigenvalue weighted by atomic mass is 9.61. The van der Waals surface area contributed by atoms with E-state index in [-0.39, 0.29) is 11.2 Å². The number of rotatable bonds is 6. The van der Waals surface area contributed by atoms with Crippen LogP contribution in [0.25, 0.3) is 0 Å². The van der Waals surface area contributed by atoms with E-state index in [9.17, 15) is 18.6 Å². The molecule has 3 saturated carbocycles. The maximum absolute atomic E-state index is 12.8. The summed E-state index contributed by atoms with van der Waals surface area (Å²) in [6.07, 6.45) is 12.0. The molecule has 3 fully saturated rings. The number of allylic oxidation sites excluding steroid dienone is 3. The van der Waals surface area contributed by atoms with Gasteiger partial charge in [-0.05, 0) is 93.1 Å². The van der Waals surface area contributed by atoms with Gasteiger partial charge in [-0.15, -0.1) is 0 Å². The van der Waals surface area contributed by atoms with E-state index < -0.39 is 22.0 Å². The van der Waals surface area contributed by atoms with Crippen LogP contribution in [0.4, 0.5) is 0 Å². The van der Waals surface area contributed by atoms with Crippen LogP contribution in [0.5, 0.6) is 0 Å². The zero-order valence-electron chi connectivity index (χ0n) is 20.1. The molecule has 2 N–H and O–H groups in total. The summed E-state index contributed by atoms with van der Waals surface area (Å²) in [7, 11) is -3.23. The smallest absolute Gasteiger partial charge is 0.178 e. The number of fused-ring (bicyclic) bond motifs is 1. The molecule has 0 unspecified atom stereocenters. The molecule has 0 spiro atoms. The predicted molar refractivity (Wildman–Crippen MR) is 132 cm³/mol. The molecule has 5 heteroatoms. The molecule has 0 heterocycles. The number of aliphatic hydroxyl groups is 2. The average molecular weight is 473 g/mol. The Bertz CT molecular complexity index is 968. The maximum atomic E-state index is 12.8. The molecule has 0 amide bonds. The van der Waals surface area contributed by atoms with Crippen molar-refractivity contribution in [2.75, 3.05) is 5.75 Å². The minimum atomic E-state index is -3.23. The van der Waals surface area contributed by atoms with Crippen LogP contribution in [0.1, 0.15) is 71.6 Å². The summed E-state index contributed by atoms with van der Waals surface area (Å²) < 4.78 is 25.6. The first-order chi connectivity index (χ1) is 15.7. The molecule has 0 aliphatic heterocycles. The van der Waals surface area contributed by atoms with E-state index in [1.807, 2.05) is 6.07 Å². The summed E-state index contributed by atoms with van der Waals surface area (Å²) >= 11 is 0. The number of hydrogen-bond acceptors (Lipinski definition) is 4. The minimum Gasteiger partial charge on any atom is -0.393 e. The van der Waals surface area contributed by atoms with Crippen molar-refractivity contribution < 1.29 is 18.6 Å². The van der Waals surface area contributed by atoms with Crippen molar-refractivity contribution in [3.8, 4) is 0 Å². The highest BCUT2D eigenvalue weighted by molar-refractivity contribution is 7.91. The van der Waals surface area contributed by atoms with E-state index in [0.29, 0.717) is 48.3 Å². The Kier molecular flexibility index (Phi) is 7.52. The van der Waals surface area contributed by atoms with E-state index in [2.05, 4.69) is 26.0 Å². The monoisotopic (exact) mass is 472 g/mol. The highest BCUT2D eigenvalue weighted by atomic mass is 32.2. The SMILES string of the molecule is C[C@H](CCS(=O)(=O)c1ccccc1)[C@H]1CC[C@H]2C(=CC=C3C[C@@H](O)C[C@H](O)C3)CCC[C@]12C. The van der Waals surface area contributed by atoms with Crippen LogP contribution < -0.4 is 0 Å². The van der Waals surface area contributed by atoms with Gasteiger partial charge in [0.25, 0.3) is 0 Å². The first-order valence-corrected chi connectivity index (χ1v) is 14.4. The van der Waals surface area contributed by atoms with Gasteiger partial charge < -0.3 is 10.2 Å². The second kappa shape index (κ2) is 10.1. The Morgan fingerprint density at radius 2 is 1.79 bits per heavy atom. The molecule has 6 atom stereocenters. The first-order valence-electron chi connectivity index (χ1n) is 12.7. The van der Waals surface area contributed by atoms with Crippen LogP contribution in [0, 0.1) is 23.2 Å². The maximum Gasteiger partial charge on any atom is 0.178 e. The zero-order chi connectivity index (χ0) is 23.6. The van der Waals surface area contributed by atoms with Gasteiger partial charge in [0.15, 0.2) is 9.84 Å². The molecule has 0 aromatic heterocycles. The van der Waals surface area contributed by atoms with Crippen LogP contribution in [0.15, 0.2) is 58.5 Å². The van der Waals surface area contributed by atoms with Crippen LogP contribution >= 0.6 is 0 Å².